The van der Waals surface area contributed by atoms with Gasteiger partial charge in [-0.15, -0.1) is 11.8 Å². The van der Waals surface area contributed by atoms with Gasteiger partial charge in [0.25, 0.3) is 0 Å². The summed E-state index contributed by atoms with van der Waals surface area (Å²) in [6.07, 6.45) is 1.71. The predicted octanol–water partition coefficient (Wildman–Crippen LogP) is 0.755. The Bertz CT molecular complexity index is 162. The third-order valence-corrected chi connectivity index (χ3v) is 2.18. The van der Waals surface area contributed by atoms with Crippen LogP contribution in [0.15, 0.2) is 22.8 Å². The van der Waals surface area contributed by atoms with Crippen molar-refractivity contribution >= 4 is 11.8 Å². The molecule has 0 unspecified atom stereocenters. The molecule has 1 aromatic heterocycles. The third-order valence-electron chi connectivity index (χ3n) is 1.11. The average molecular weight is 158 g/mol. The lowest BCUT2D eigenvalue weighted by molar-refractivity contribution is -0.360. The molecule has 10 heavy (non-hydrogen) atoms. The second kappa shape index (κ2) is 4.41. The minimum atomic E-state index is 0.975. The van der Waals surface area contributed by atoms with Gasteiger partial charge in [0.15, 0.2) is 0 Å². The minimum absolute atomic E-state index is 0.975. The van der Waals surface area contributed by atoms with E-state index in [-0.39, 0.29) is 0 Å². The molecule has 0 radical (unpaired) electrons. The zero-order valence-corrected chi connectivity index (χ0v) is 6.69. The Morgan fingerprint density at radius 2 is 2.50 bits per heavy atom. The number of hydrogen-bond acceptors (Lipinski definition) is 2. The lowest BCUT2D eigenvalue weighted by Crippen LogP contribution is -2.51. The number of quaternary nitrogens is 1. The number of hydrogen-bond donors (Lipinski definition) is 1. The van der Waals surface area contributed by atoms with E-state index < -0.39 is 0 Å². The molecule has 0 aliphatic rings. The van der Waals surface area contributed by atoms with Gasteiger partial charge in [0.2, 0.25) is 0 Å². The van der Waals surface area contributed by atoms with E-state index in [2.05, 4.69) is 5.73 Å². The van der Waals surface area contributed by atoms with Crippen LogP contribution in [0.5, 0.6) is 0 Å². The summed E-state index contributed by atoms with van der Waals surface area (Å²) in [4.78, 5) is 0. The number of furan rings is 1. The topological polar surface area (TPSA) is 40.8 Å². The Morgan fingerprint density at radius 3 is 3.10 bits per heavy atom. The standard InChI is InChI=1S/C7H11NOS/c8-3-5-10-6-7-2-1-4-9-7/h1-2,4H,3,5-6,8H2/p+1. The van der Waals surface area contributed by atoms with E-state index in [1.165, 1.54) is 0 Å². The molecule has 2 nitrogen and oxygen atoms in total. The first kappa shape index (κ1) is 7.69. The molecule has 1 heterocycles. The summed E-state index contributed by atoms with van der Waals surface area (Å²) in [6, 6.07) is 3.91. The molecule has 0 aliphatic heterocycles. The maximum absolute atomic E-state index is 5.14. The molecule has 56 valence electrons. The van der Waals surface area contributed by atoms with Crippen molar-refractivity contribution in [2.75, 3.05) is 12.3 Å². The Morgan fingerprint density at radius 1 is 1.60 bits per heavy atom. The van der Waals surface area contributed by atoms with Crippen LogP contribution in [0, 0.1) is 0 Å². The first-order chi connectivity index (χ1) is 4.93. The van der Waals surface area contributed by atoms with Gasteiger partial charge in [-0.2, -0.15) is 0 Å². The van der Waals surface area contributed by atoms with Gasteiger partial charge < -0.3 is 10.2 Å². The summed E-state index contributed by atoms with van der Waals surface area (Å²) in [5, 5.41) is 0. The van der Waals surface area contributed by atoms with Crippen molar-refractivity contribution in [2.45, 2.75) is 5.75 Å². The quantitative estimate of drug-likeness (QED) is 0.657. The Balaban J connectivity index is 2.15. The van der Waals surface area contributed by atoms with Crippen LogP contribution in [0.25, 0.3) is 0 Å². The van der Waals surface area contributed by atoms with Crippen LogP contribution in [-0.4, -0.2) is 12.3 Å². The number of rotatable bonds is 4. The minimum Gasteiger partial charge on any atom is -0.468 e. The second-order valence-electron chi connectivity index (χ2n) is 1.99. The lowest BCUT2D eigenvalue weighted by Gasteiger charge is -1.92. The van der Waals surface area contributed by atoms with Crippen LogP contribution >= 0.6 is 11.8 Å². The third kappa shape index (κ3) is 2.45. The normalized spacial score (nSPS) is 10.1. The summed E-state index contributed by atoms with van der Waals surface area (Å²) in [5.74, 6) is 3.14. The van der Waals surface area contributed by atoms with Crippen LogP contribution in [0.2, 0.25) is 0 Å². The molecular weight excluding hydrogens is 146 g/mol. The monoisotopic (exact) mass is 158 g/mol. The van der Waals surface area contributed by atoms with Crippen LogP contribution in [0.4, 0.5) is 0 Å². The molecule has 0 amide bonds. The van der Waals surface area contributed by atoms with E-state index in [0.29, 0.717) is 0 Å². The van der Waals surface area contributed by atoms with Crippen molar-refractivity contribution in [1.82, 2.24) is 0 Å². The van der Waals surface area contributed by atoms with Gasteiger partial charge in [-0.05, 0) is 12.1 Å². The van der Waals surface area contributed by atoms with Gasteiger partial charge in [0.1, 0.15) is 5.76 Å². The zero-order chi connectivity index (χ0) is 7.23. The Labute approximate surface area is 64.8 Å². The smallest absolute Gasteiger partial charge is 0.113 e. The van der Waals surface area contributed by atoms with Crippen molar-refractivity contribution in [3.05, 3.63) is 24.2 Å². The molecule has 3 heteroatoms. The van der Waals surface area contributed by atoms with E-state index in [0.717, 1.165) is 23.8 Å². The molecule has 0 atom stereocenters. The Hall–Kier alpha value is -0.410. The summed E-state index contributed by atoms with van der Waals surface area (Å²) in [6.45, 7) is 0.991. The molecule has 0 aliphatic carbocycles. The molecule has 0 saturated heterocycles. The maximum atomic E-state index is 5.14. The van der Waals surface area contributed by atoms with Crippen molar-refractivity contribution in [3.8, 4) is 0 Å². The predicted molar refractivity (Wildman–Crippen MR) is 42.6 cm³/mol. The second-order valence-corrected chi connectivity index (χ2v) is 3.09. The number of thioether (sulfide) groups is 1. The highest BCUT2D eigenvalue weighted by Gasteiger charge is 1.93. The lowest BCUT2D eigenvalue weighted by atomic mass is 10.5. The fourth-order valence-corrected chi connectivity index (χ4v) is 1.38. The molecule has 1 rings (SSSR count). The summed E-state index contributed by atoms with van der Waals surface area (Å²) >= 11 is 1.85. The van der Waals surface area contributed by atoms with E-state index >= 15 is 0 Å². The summed E-state index contributed by atoms with van der Waals surface area (Å²) in [7, 11) is 0. The van der Waals surface area contributed by atoms with Crippen molar-refractivity contribution in [1.29, 1.82) is 0 Å². The van der Waals surface area contributed by atoms with Crippen LogP contribution in [0.1, 0.15) is 5.76 Å². The van der Waals surface area contributed by atoms with Crippen LogP contribution in [-0.2, 0) is 5.75 Å². The van der Waals surface area contributed by atoms with Crippen molar-refractivity contribution in [2.24, 2.45) is 0 Å². The maximum Gasteiger partial charge on any atom is 0.113 e. The average Bonchev–Trinajstić information content (AvgIpc) is 2.41. The first-order valence-electron chi connectivity index (χ1n) is 3.33. The highest BCUT2D eigenvalue weighted by molar-refractivity contribution is 7.98. The summed E-state index contributed by atoms with van der Waals surface area (Å²) in [5.41, 5.74) is 3.75. The first-order valence-corrected chi connectivity index (χ1v) is 4.48. The fourth-order valence-electron chi connectivity index (χ4n) is 0.670. The Kier molecular flexibility index (Phi) is 3.40. The van der Waals surface area contributed by atoms with Gasteiger partial charge in [-0.3, -0.25) is 0 Å². The molecule has 0 saturated carbocycles. The largest absolute Gasteiger partial charge is 0.468 e. The van der Waals surface area contributed by atoms with Crippen LogP contribution in [0.3, 0.4) is 0 Å². The molecule has 0 spiro atoms. The molecule has 0 fully saturated rings. The van der Waals surface area contributed by atoms with Crippen molar-refractivity contribution in [3.63, 3.8) is 0 Å². The van der Waals surface area contributed by atoms with E-state index in [1.54, 1.807) is 6.26 Å². The molecule has 0 bridgehead atoms. The van der Waals surface area contributed by atoms with E-state index in [1.807, 2.05) is 23.9 Å². The molecular formula is C7H12NOS+. The molecule has 1 aromatic rings. The summed E-state index contributed by atoms with van der Waals surface area (Å²) < 4.78 is 5.14. The SMILES string of the molecule is [NH3+]CCSCc1ccco1. The fraction of sp³-hybridized carbons (Fsp3) is 0.429. The molecule has 0 aromatic carbocycles. The van der Waals surface area contributed by atoms with Gasteiger partial charge in [0.05, 0.1) is 18.6 Å². The van der Waals surface area contributed by atoms with E-state index in [9.17, 15) is 0 Å². The van der Waals surface area contributed by atoms with Gasteiger partial charge >= 0.3 is 0 Å². The van der Waals surface area contributed by atoms with E-state index in [4.69, 9.17) is 4.42 Å². The van der Waals surface area contributed by atoms with Gasteiger partial charge in [0, 0.05) is 5.75 Å². The zero-order valence-electron chi connectivity index (χ0n) is 5.88. The van der Waals surface area contributed by atoms with Gasteiger partial charge in [-0.1, -0.05) is 0 Å². The highest BCUT2D eigenvalue weighted by Crippen LogP contribution is 2.10. The highest BCUT2D eigenvalue weighted by atomic mass is 32.2. The van der Waals surface area contributed by atoms with Crippen LogP contribution < -0.4 is 5.73 Å². The van der Waals surface area contributed by atoms with Crippen molar-refractivity contribution < 1.29 is 10.2 Å². The van der Waals surface area contributed by atoms with Gasteiger partial charge in [-0.25, -0.2) is 0 Å². The molecule has 3 N–H and O–H groups in total.